The minimum absolute atomic E-state index is 0.244. The molecule has 1 saturated heterocycles. The Bertz CT molecular complexity index is 609. The molecule has 1 fully saturated rings. The fourth-order valence-corrected chi connectivity index (χ4v) is 3.55. The van der Waals surface area contributed by atoms with Gasteiger partial charge in [0.25, 0.3) is 0 Å². The lowest BCUT2D eigenvalue weighted by Crippen LogP contribution is -2.61. The lowest BCUT2D eigenvalue weighted by Gasteiger charge is -2.44. The van der Waals surface area contributed by atoms with Gasteiger partial charge in [-0.1, -0.05) is 6.58 Å². The van der Waals surface area contributed by atoms with E-state index in [1.54, 1.807) is 6.08 Å². The van der Waals surface area contributed by atoms with E-state index in [9.17, 15) is 19.2 Å². The Morgan fingerprint density at radius 3 is 1.96 bits per heavy atom. The third kappa shape index (κ3) is 7.75. The van der Waals surface area contributed by atoms with Crippen molar-refractivity contribution in [3.63, 3.8) is 0 Å². The highest BCUT2D eigenvalue weighted by Crippen LogP contribution is 2.34. The number of esters is 4. The summed E-state index contributed by atoms with van der Waals surface area (Å²) in [4.78, 5) is 46.1. The summed E-state index contributed by atoms with van der Waals surface area (Å²) < 4.78 is 26.8. The van der Waals surface area contributed by atoms with E-state index in [0.29, 0.717) is 5.75 Å². The number of hydrogen-bond donors (Lipinski definition) is 0. The maximum absolute atomic E-state index is 11.7. The van der Waals surface area contributed by atoms with Gasteiger partial charge in [0.05, 0.1) is 0 Å². The molecule has 0 radical (unpaired) electrons. The van der Waals surface area contributed by atoms with Crippen molar-refractivity contribution in [3.8, 4) is 0 Å². The van der Waals surface area contributed by atoms with Crippen LogP contribution in [-0.4, -0.2) is 66.1 Å². The summed E-state index contributed by atoms with van der Waals surface area (Å²) in [5.74, 6) is -2.11. The first-order chi connectivity index (χ1) is 13.1. The van der Waals surface area contributed by atoms with Crippen molar-refractivity contribution in [2.45, 2.75) is 57.5 Å². The van der Waals surface area contributed by atoms with Crippen molar-refractivity contribution in [2.24, 2.45) is 0 Å². The van der Waals surface area contributed by atoms with Crippen LogP contribution in [0.2, 0.25) is 0 Å². The van der Waals surface area contributed by atoms with Crippen molar-refractivity contribution < 1.29 is 42.9 Å². The Kier molecular flexibility index (Phi) is 9.78. The first-order valence-electron chi connectivity index (χ1n) is 8.42. The SMILES string of the molecule is C=C=CCS[C@@H]1O[C@H](COC(C)=O)[C@H](OC(C)=O)[C@H](OC(C)=O)[C@H]1OC(C)=O. The zero-order valence-electron chi connectivity index (χ0n) is 16.2. The van der Waals surface area contributed by atoms with Gasteiger partial charge in [0.2, 0.25) is 0 Å². The fourth-order valence-electron chi connectivity index (χ4n) is 2.52. The largest absolute Gasteiger partial charge is 0.463 e. The molecule has 0 aromatic rings. The van der Waals surface area contributed by atoms with Gasteiger partial charge in [-0.05, 0) is 6.08 Å². The summed E-state index contributed by atoms with van der Waals surface area (Å²) >= 11 is 1.23. The maximum Gasteiger partial charge on any atom is 0.303 e. The maximum atomic E-state index is 11.7. The number of hydrogen-bond acceptors (Lipinski definition) is 10. The number of carbonyl (C=O) groups excluding carboxylic acids is 4. The second kappa shape index (κ2) is 11.5. The molecule has 0 aliphatic carbocycles. The molecule has 9 nitrogen and oxygen atoms in total. The highest BCUT2D eigenvalue weighted by Gasteiger charge is 2.52. The molecule has 1 aliphatic heterocycles. The molecule has 0 spiro atoms. The summed E-state index contributed by atoms with van der Waals surface area (Å²) in [6.07, 6.45) is -2.64. The quantitative estimate of drug-likeness (QED) is 0.324. The van der Waals surface area contributed by atoms with Crippen LogP contribution in [-0.2, 0) is 42.9 Å². The summed E-state index contributed by atoms with van der Waals surface area (Å²) in [5.41, 5.74) is 1.82. The second-order valence-corrected chi connectivity index (χ2v) is 6.94. The number of carbonyl (C=O) groups is 4. The first-order valence-corrected chi connectivity index (χ1v) is 9.47. The van der Waals surface area contributed by atoms with Crippen LogP contribution in [0.4, 0.5) is 0 Å². The minimum atomic E-state index is -1.15. The molecule has 0 unspecified atom stereocenters. The van der Waals surface area contributed by atoms with Gasteiger partial charge >= 0.3 is 23.9 Å². The summed E-state index contributed by atoms with van der Waals surface area (Å²) in [6.45, 7) is 7.99. The summed E-state index contributed by atoms with van der Waals surface area (Å²) in [5, 5.41) is 0. The zero-order chi connectivity index (χ0) is 21.3. The molecule has 0 N–H and O–H groups in total. The van der Waals surface area contributed by atoms with Gasteiger partial charge in [-0.15, -0.1) is 17.5 Å². The molecule has 156 valence electrons. The van der Waals surface area contributed by atoms with Gasteiger partial charge in [0, 0.05) is 33.4 Å². The van der Waals surface area contributed by atoms with Crippen LogP contribution in [0.5, 0.6) is 0 Å². The number of rotatable bonds is 8. The van der Waals surface area contributed by atoms with E-state index in [1.807, 2.05) is 0 Å². The standard InChI is InChI=1S/C18H24O9S/c1-6-7-8-28-18-17(26-13(5)22)16(25-12(4)21)15(24-11(3)20)14(27-18)9-23-10(2)19/h7,14-18H,1,8-9H2,2-5H3/t14-,15+,16+,17-,18+/m1/s1. The molecule has 0 saturated carbocycles. The zero-order valence-corrected chi connectivity index (χ0v) is 17.0. The van der Waals surface area contributed by atoms with Gasteiger partial charge < -0.3 is 23.7 Å². The van der Waals surface area contributed by atoms with Crippen molar-refractivity contribution in [1.82, 2.24) is 0 Å². The number of thioether (sulfide) groups is 1. The van der Waals surface area contributed by atoms with Crippen molar-refractivity contribution in [3.05, 3.63) is 18.4 Å². The van der Waals surface area contributed by atoms with E-state index >= 15 is 0 Å². The molecule has 0 aromatic carbocycles. The fraction of sp³-hybridized carbons (Fsp3) is 0.611. The molecule has 5 atom stereocenters. The lowest BCUT2D eigenvalue weighted by molar-refractivity contribution is -0.237. The van der Waals surface area contributed by atoms with Crippen molar-refractivity contribution in [1.29, 1.82) is 0 Å². The first kappa shape index (κ1) is 23.7. The Labute approximate surface area is 167 Å². The van der Waals surface area contributed by atoms with Crippen LogP contribution >= 0.6 is 11.8 Å². The van der Waals surface area contributed by atoms with Gasteiger partial charge in [-0.2, -0.15) is 0 Å². The van der Waals surface area contributed by atoms with E-state index in [4.69, 9.17) is 23.7 Å². The Balaban J connectivity index is 3.26. The van der Waals surface area contributed by atoms with Gasteiger partial charge in [0.15, 0.2) is 18.3 Å². The predicted molar refractivity (Wildman–Crippen MR) is 98.1 cm³/mol. The summed E-state index contributed by atoms with van der Waals surface area (Å²) in [6, 6.07) is 0. The molecule has 1 heterocycles. The second-order valence-electron chi connectivity index (χ2n) is 5.81. The highest BCUT2D eigenvalue weighted by molar-refractivity contribution is 7.99. The monoisotopic (exact) mass is 416 g/mol. The molecule has 1 rings (SSSR count). The van der Waals surface area contributed by atoms with Crippen LogP contribution in [0, 0.1) is 0 Å². The Morgan fingerprint density at radius 2 is 1.46 bits per heavy atom. The van der Waals surface area contributed by atoms with Crippen LogP contribution in [0.3, 0.4) is 0 Å². The Hall–Kier alpha value is -2.29. The molecule has 0 amide bonds. The molecule has 28 heavy (non-hydrogen) atoms. The van der Waals surface area contributed by atoms with E-state index in [-0.39, 0.29) is 6.61 Å². The molecule has 10 heteroatoms. The molecular formula is C18H24O9S. The molecule has 1 aliphatic rings. The lowest BCUT2D eigenvalue weighted by atomic mass is 9.99. The third-order valence-electron chi connectivity index (χ3n) is 3.44. The topological polar surface area (TPSA) is 114 Å². The van der Waals surface area contributed by atoms with E-state index in [2.05, 4.69) is 12.3 Å². The normalized spacial score (nSPS) is 26.4. The van der Waals surface area contributed by atoms with Crippen molar-refractivity contribution >= 4 is 35.6 Å². The Morgan fingerprint density at radius 1 is 0.929 bits per heavy atom. The van der Waals surface area contributed by atoms with Gasteiger partial charge in [-0.3, -0.25) is 19.2 Å². The van der Waals surface area contributed by atoms with Crippen LogP contribution in [0.15, 0.2) is 18.4 Å². The smallest absolute Gasteiger partial charge is 0.303 e. The third-order valence-corrected chi connectivity index (χ3v) is 4.50. The minimum Gasteiger partial charge on any atom is -0.463 e. The average Bonchev–Trinajstić information content (AvgIpc) is 2.57. The summed E-state index contributed by atoms with van der Waals surface area (Å²) in [7, 11) is 0. The van der Waals surface area contributed by atoms with Gasteiger partial charge in [-0.25, -0.2) is 0 Å². The van der Waals surface area contributed by atoms with Crippen LogP contribution in [0.1, 0.15) is 27.7 Å². The molecule has 0 bridgehead atoms. The molecular weight excluding hydrogens is 392 g/mol. The van der Waals surface area contributed by atoms with E-state index in [1.165, 1.54) is 39.5 Å². The predicted octanol–water partition coefficient (Wildman–Crippen LogP) is 1.14. The van der Waals surface area contributed by atoms with Gasteiger partial charge in [0.1, 0.15) is 18.1 Å². The van der Waals surface area contributed by atoms with E-state index in [0.717, 1.165) is 0 Å². The van der Waals surface area contributed by atoms with Crippen LogP contribution in [0.25, 0.3) is 0 Å². The highest BCUT2D eigenvalue weighted by atomic mass is 32.2. The van der Waals surface area contributed by atoms with E-state index < -0.39 is 53.7 Å². The average molecular weight is 416 g/mol. The van der Waals surface area contributed by atoms with Crippen LogP contribution < -0.4 is 0 Å². The molecule has 0 aromatic heterocycles. The number of ether oxygens (including phenoxy) is 5. The van der Waals surface area contributed by atoms with Crippen molar-refractivity contribution in [2.75, 3.05) is 12.4 Å².